The predicted octanol–water partition coefficient (Wildman–Crippen LogP) is 4.86. The summed E-state index contributed by atoms with van der Waals surface area (Å²) in [6.07, 6.45) is 2.91. The number of thiophene rings is 1. The van der Waals surface area contributed by atoms with Crippen LogP contribution in [0.15, 0.2) is 54.0 Å². The maximum Gasteiger partial charge on any atom is 0.0933 e. The lowest BCUT2D eigenvalue weighted by atomic mass is 10.1. The van der Waals surface area contributed by atoms with Crippen LogP contribution in [-0.4, -0.2) is 4.98 Å². The van der Waals surface area contributed by atoms with E-state index < -0.39 is 0 Å². The molecule has 1 N–H and O–H groups in total. The van der Waals surface area contributed by atoms with Gasteiger partial charge in [0.05, 0.1) is 17.2 Å². The van der Waals surface area contributed by atoms with E-state index in [0.29, 0.717) is 6.04 Å². The molecular weight excluding hydrogens is 252 g/mol. The van der Waals surface area contributed by atoms with Gasteiger partial charge in [-0.1, -0.05) is 31.2 Å². The summed E-state index contributed by atoms with van der Waals surface area (Å²) in [6, 6.07) is 15.0. The molecule has 0 aliphatic heterocycles. The molecule has 1 atom stereocenters. The first-order valence-electron chi connectivity index (χ1n) is 6.52. The molecule has 0 saturated heterocycles. The maximum atomic E-state index is 4.49. The van der Waals surface area contributed by atoms with Crippen LogP contribution in [0.2, 0.25) is 0 Å². The highest BCUT2D eigenvalue weighted by Crippen LogP contribution is 2.29. The summed E-state index contributed by atoms with van der Waals surface area (Å²) in [5.41, 5.74) is 2.15. The van der Waals surface area contributed by atoms with E-state index in [1.807, 2.05) is 12.3 Å². The molecule has 3 rings (SSSR count). The molecule has 1 aromatic carbocycles. The van der Waals surface area contributed by atoms with Crippen LogP contribution < -0.4 is 5.32 Å². The number of hydrogen-bond donors (Lipinski definition) is 1. The zero-order valence-corrected chi connectivity index (χ0v) is 11.7. The first-order chi connectivity index (χ1) is 9.38. The summed E-state index contributed by atoms with van der Waals surface area (Å²) in [6.45, 7) is 2.20. The molecule has 2 heterocycles. The lowest BCUT2D eigenvalue weighted by Crippen LogP contribution is -2.08. The number of fused-ring (bicyclic) bond motifs is 1. The van der Waals surface area contributed by atoms with Crippen LogP contribution in [0, 0.1) is 0 Å². The molecule has 2 aromatic heterocycles. The van der Waals surface area contributed by atoms with Crippen molar-refractivity contribution in [3.63, 3.8) is 0 Å². The van der Waals surface area contributed by atoms with Crippen molar-refractivity contribution < 1.29 is 0 Å². The molecule has 3 heteroatoms. The van der Waals surface area contributed by atoms with Crippen molar-refractivity contribution >= 4 is 27.9 Å². The van der Waals surface area contributed by atoms with E-state index in [0.717, 1.165) is 17.6 Å². The Morgan fingerprint density at radius 2 is 2.05 bits per heavy atom. The number of benzene rings is 1. The van der Waals surface area contributed by atoms with Gasteiger partial charge >= 0.3 is 0 Å². The number of para-hydroxylation sites is 1. The number of rotatable bonds is 4. The van der Waals surface area contributed by atoms with Crippen molar-refractivity contribution in [3.8, 4) is 0 Å². The second-order valence-electron chi connectivity index (χ2n) is 4.50. The fraction of sp³-hybridized carbons (Fsp3) is 0.188. The monoisotopic (exact) mass is 268 g/mol. The highest BCUT2D eigenvalue weighted by molar-refractivity contribution is 7.10. The van der Waals surface area contributed by atoms with Crippen LogP contribution in [0.1, 0.15) is 24.3 Å². The van der Waals surface area contributed by atoms with Crippen molar-refractivity contribution in [2.24, 2.45) is 0 Å². The highest BCUT2D eigenvalue weighted by atomic mass is 32.1. The van der Waals surface area contributed by atoms with Gasteiger partial charge < -0.3 is 5.32 Å². The van der Waals surface area contributed by atoms with Gasteiger partial charge in [-0.25, -0.2) is 0 Å². The Bertz CT molecular complexity index is 656. The minimum Gasteiger partial charge on any atom is -0.376 e. The second kappa shape index (κ2) is 5.41. The molecule has 19 heavy (non-hydrogen) atoms. The molecule has 0 radical (unpaired) electrons. The lowest BCUT2D eigenvalue weighted by Gasteiger charge is -2.18. The fourth-order valence-electron chi connectivity index (χ4n) is 2.27. The lowest BCUT2D eigenvalue weighted by molar-refractivity contribution is 0.765. The molecule has 2 nitrogen and oxygen atoms in total. The average molecular weight is 268 g/mol. The van der Waals surface area contributed by atoms with Crippen molar-refractivity contribution in [3.05, 3.63) is 58.9 Å². The SMILES string of the molecule is CCC(Nc1cccc2cccnc12)c1cccs1. The molecule has 0 amide bonds. The molecule has 96 valence electrons. The summed E-state index contributed by atoms with van der Waals surface area (Å²) in [7, 11) is 0. The second-order valence-corrected chi connectivity index (χ2v) is 5.48. The van der Waals surface area contributed by atoms with Gasteiger partial charge in [0.1, 0.15) is 0 Å². The first-order valence-corrected chi connectivity index (χ1v) is 7.40. The minimum absolute atomic E-state index is 0.354. The summed E-state index contributed by atoms with van der Waals surface area (Å²) in [5.74, 6) is 0. The summed E-state index contributed by atoms with van der Waals surface area (Å²) in [4.78, 5) is 5.86. The average Bonchev–Trinajstić information content (AvgIpc) is 2.99. The van der Waals surface area contributed by atoms with E-state index in [9.17, 15) is 0 Å². The van der Waals surface area contributed by atoms with Crippen LogP contribution in [-0.2, 0) is 0 Å². The molecule has 0 saturated carbocycles. The Kier molecular flexibility index (Phi) is 3.47. The topological polar surface area (TPSA) is 24.9 Å². The van der Waals surface area contributed by atoms with Crippen molar-refractivity contribution in [2.45, 2.75) is 19.4 Å². The van der Waals surface area contributed by atoms with E-state index in [1.54, 1.807) is 11.3 Å². The number of pyridine rings is 1. The zero-order chi connectivity index (χ0) is 13.1. The maximum absolute atomic E-state index is 4.49. The zero-order valence-electron chi connectivity index (χ0n) is 10.8. The van der Waals surface area contributed by atoms with Crippen LogP contribution in [0.3, 0.4) is 0 Å². The molecule has 0 spiro atoms. The Hall–Kier alpha value is -1.87. The number of nitrogens with zero attached hydrogens (tertiary/aromatic N) is 1. The van der Waals surface area contributed by atoms with E-state index in [1.165, 1.54) is 10.3 Å². The van der Waals surface area contributed by atoms with Crippen LogP contribution in [0.4, 0.5) is 5.69 Å². The van der Waals surface area contributed by atoms with E-state index in [-0.39, 0.29) is 0 Å². The smallest absolute Gasteiger partial charge is 0.0933 e. The first kappa shape index (κ1) is 12.2. The Morgan fingerprint density at radius 1 is 1.16 bits per heavy atom. The molecule has 0 fully saturated rings. The van der Waals surface area contributed by atoms with Crippen LogP contribution in [0.5, 0.6) is 0 Å². The highest BCUT2D eigenvalue weighted by Gasteiger charge is 2.11. The Morgan fingerprint density at radius 3 is 2.84 bits per heavy atom. The minimum atomic E-state index is 0.354. The predicted molar refractivity (Wildman–Crippen MR) is 82.7 cm³/mol. The third-order valence-electron chi connectivity index (χ3n) is 3.26. The number of aromatic nitrogens is 1. The van der Waals surface area contributed by atoms with Gasteiger partial charge in [0.25, 0.3) is 0 Å². The van der Waals surface area contributed by atoms with Crippen molar-refractivity contribution in [1.82, 2.24) is 4.98 Å². The van der Waals surface area contributed by atoms with Crippen molar-refractivity contribution in [2.75, 3.05) is 5.32 Å². The van der Waals surface area contributed by atoms with Gasteiger partial charge in [0.15, 0.2) is 0 Å². The number of anilines is 1. The molecule has 0 bridgehead atoms. The number of nitrogens with one attached hydrogen (secondary N) is 1. The van der Waals surface area contributed by atoms with Gasteiger partial charge in [-0.05, 0) is 30.0 Å². The van der Waals surface area contributed by atoms with Gasteiger partial charge in [-0.3, -0.25) is 4.98 Å². The van der Waals surface area contributed by atoms with Gasteiger partial charge in [0, 0.05) is 16.5 Å². The molecule has 0 aliphatic rings. The van der Waals surface area contributed by atoms with Crippen LogP contribution >= 0.6 is 11.3 Å². The van der Waals surface area contributed by atoms with Gasteiger partial charge in [0.2, 0.25) is 0 Å². The van der Waals surface area contributed by atoms with E-state index >= 15 is 0 Å². The van der Waals surface area contributed by atoms with Crippen LogP contribution in [0.25, 0.3) is 10.9 Å². The largest absolute Gasteiger partial charge is 0.376 e. The number of hydrogen-bond acceptors (Lipinski definition) is 3. The van der Waals surface area contributed by atoms with Gasteiger partial charge in [-0.15, -0.1) is 11.3 Å². The third kappa shape index (κ3) is 2.47. The summed E-state index contributed by atoms with van der Waals surface area (Å²) >= 11 is 1.80. The fourth-order valence-corrected chi connectivity index (χ4v) is 3.13. The molecule has 1 unspecified atom stereocenters. The van der Waals surface area contributed by atoms with Crippen molar-refractivity contribution in [1.29, 1.82) is 0 Å². The summed E-state index contributed by atoms with van der Waals surface area (Å²) in [5, 5.41) is 6.92. The summed E-state index contributed by atoms with van der Waals surface area (Å²) < 4.78 is 0. The Balaban J connectivity index is 1.96. The quantitative estimate of drug-likeness (QED) is 0.731. The molecule has 3 aromatic rings. The molecule has 0 aliphatic carbocycles. The normalized spacial score (nSPS) is 12.5. The van der Waals surface area contributed by atoms with E-state index in [2.05, 4.69) is 59.0 Å². The standard InChI is InChI=1S/C16H16N2S/c1-2-13(15-9-5-11-19-15)18-14-8-3-6-12-7-4-10-17-16(12)14/h3-11,13,18H,2H2,1H3. The van der Waals surface area contributed by atoms with E-state index in [4.69, 9.17) is 0 Å². The molecular formula is C16H16N2S. The Labute approximate surface area is 117 Å². The third-order valence-corrected chi connectivity index (χ3v) is 4.24. The van der Waals surface area contributed by atoms with Gasteiger partial charge in [-0.2, -0.15) is 0 Å².